The lowest BCUT2D eigenvalue weighted by molar-refractivity contribution is -0.153. The van der Waals surface area contributed by atoms with E-state index >= 15 is 0 Å². The van der Waals surface area contributed by atoms with Gasteiger partial charge in [0.25, 0.3) is 11.8 Å². The molecule has 0 unspecified atom stereocenters. The molecule has 2 amide bonds. The predicted molar refractivity (Wildman–Crippen MR) is 117 cm³/mol. The van der Waals surface area contributed by atoms with Crippen molar-refractivity contribution in [2.24, 2.45) is 10.7 Å². The molecule has 31 heavy (non-hydrogen) atoms. The average molecular weight is 422 g/mol. The van der Waals surface area contributed by atoms with Crippen LogP contribution in [0.2, 0.25) is 0 Å². The van der Waals surface area contributed by atoms with Crippen molar-refractivity contribution in [3.8, 4) is 0 Å². The molecule has 2 aromatic rings. The van der Waals surface area contributed by atoms with E-state index in [2.05, 4.69) is 10.3 Å². The van der Waals surface area contributed by atoms with Crippen molar-refractivity contribution < 1.29 is 19.8 Å². The van der Waals surface area contributed by atoms with Crippen LogP contribution >= 0.6 is 0 Å². The Bertz CT molecular complexity index is 965. The van der Waals surface area contributed by atoms with Crippen LogP contribution in [0, 0.1) is 0 Å². The summed E-state index contributed by atoms with van der Waals surface area (Å²) in [5.41, 5.74) is 8.96. The SMILES string of the molecule is C[C@@H](NC(=O)[C@H](O)[C@@H](O)C(=O)N1Cc2ccccc2C1)C(N)=CC=Nc1ccccc1. The van der Waals surface area contributed by atoms with Gasteiger partial charge in [0.1, 0.15) is 0 Å². The number of aliphatic hydroxyl groups excluding tert-OH is 2. The zero-order chi connectivity index (χ0) is 22.4. The lowest BCUT2D eigenvalue weighted by atomic mass is 10.1. The molecule has 0 bridgehead atoms. The number of carbonyl (C=O) groups is 2. The van der Waals surface area contributed by atoms with Crippen LogP contribution in [-0.4, -0.2) is 51.4 Å². The first-order valence-electron chi connectivity index (χ1n) is 9.93. The van der Waals surface area contributed by atoms with Gasteiger partial charge in [0, 0.05) is 25.0 Å². The van der Waals surface area contributed by atoms with Gasteiger partial charge in [-0.15, -0.1) is 0 Å². The summed E-state index contributed by atoms with van der Waals surface area (Å²) in [6.45, 7) is 2.28. The molecule has 2 aromatic carbocycles. The van der Waals surface area contributed by atoms with Crippen LogP contribution in [-0.2, 0) is 22.7 Å². The van der Waals surface area contributed by atoms with Crippen LogP contribution in [0.1, 0.15) is 18.1 Å². The summed E-state index contributed by atoms with van der Waals surface area (Å²) in [6, 6.07) is 16.2. The Labute approximate surface area is 180 Å². The summed E-state index contributed by atoms with van der Waals surface area (Å²) in [6.07, 6.45) is -0.739. The lowest BCUT2D eigenvalue weighted by Crippen LogP contribution is -2.51. The third-order valence-electron chi connectivity index (χ3n) is 5.08. The third-order valence-corrected chi connectivity index (χ3v) is 5.08. The second kappa shape index (κ2) is 10.0. The minimum Gasteiger partial charge on any atom is -0.400 e. The fourth-order valence-corrected chi connectivity index (χ4v) is 3.20. The Kier molecular flexibility index (Phi) is 7.17. The second-order valence-corrected chi connectivity index (χ2v) is 7.36. The molecule has 0 aliphatic carbocycles. The quantitative estimate of drug-likeness (QED) is 0.495. The number of aliphatic hydroxyl groups is 2. The fraction of sp³-hybridized carbons (Fsp3) is 0.261. The number of nitrogens with zero attached hydrogens (tertiary/aromatic N) is 2. The summed E-state index contributed by atoms with van der Waals surface area (Å²) < 4.78 is 0. The van der Waals surface area contributed by atoms with Crippen LogP contribution < -0.4 is 11.1 Å². The summed E-state index contributed by atoms with van der Waals surface area (Å²) in [4.78, 5) is 30.5. The van der Waals surface area contributed by atoms with Crippen molar-refractivity contribution in [2.45, 2.75) is 38.3 Å². The smallest absolute Gasteiger partial charge is 0.255 e. The Morgan fingerprint density at radius 1 is 1.03 bits per heavy atom. The van der Waals surface area contributed by atoms with Crippen molar-refractivity contribution in [3.63, 3.8) is 0 Å². The van der Waals surface area contributed by atoms with E-state index in [1.807, 2.05) is 54.6 Å². The van der Waals surface area contributed by atoms with Crippen LogP contribution in [0.3, 0.4) is 0 Å². The minimum atomic E-state index is -1.91. The normalized spacial score (nSPS) is 16.6. The lowest BCUT2D eigenvalue weighted by Gasteiger charge is -2.24. The molecule has 1 aliphatic heterocycles. The molecule has 3 rings (SSSR count). The van der Waals surface area contributed by atoms with E-state index in [4.69, 9.17) is 5.73 Å². The largest absolute Gasteiger partial charge is 0.400 e. The first-order valence-corrected chi connectivity index (χ1v) is 9.93. The molecule has 0 spiro atoms. The maximum Gasteiger partial charge on any atom is 0.255 e. The number of carbonyl (C=O) groups excluding carboxylic acids is 2. The van der Waals surface area contributed by atoms with Gasteiger partial charge in [-0.2, -0.15) is 0 Å². The van der Waals surface area contributed by atoms with E-state index in [0.717, 1.165) is 16.8 Å². The molecule has 162 valence electrons. The van der Waals surface area contributed by atoms with Crippen molar-refractivity contribution in [2.75, 3.05) is 0 Å². The zero-order valence-electron chi connectivity index (χ0n) is 17.2. The highest BCUT2D eigenvalue weighted by atomic mass is 16.3. The molecule has 5 N–H and O–H groups in total. The van der Waals surface area contributed by atoms with Crippen molar-refractivity contribution in [3.05, 3.63) is 77.5 Å². The number of amides is 2. The van der Waals surface area contributed by atoms with Crippen molar-refractivity contribution >= 4 is 23.7 Å². The van der Waals surface area contributed by atoms with Gasteiger partial charge in [-0.25, -0.2) is 0 Å². The number of allylic oxidation sites excluding steroid dienone is 1. The first-order chi connectivity index (χ1) is 14.9. The molecule has 1 aliphatic rings. The maximum atomic E-state index is 12.5. The number of nitrogens with one attached hydrogen (secondary N) is 1. The molecule has 0 saturated heterocycles. The van der Waals surface area contributed by atoms with Gasteiger partial charge in [0.2, 0.25) is 0 Å². The Balaban J connectivity index is 1.53. The van der Waals surface area contributed by atoms with Gasteiger partial charge < -0.3 is 26.2 Å². The van der Waals surface area contributed by atoms with Gasteiger partial charge in [-0.3, -0.25) is 14.6 Å². The third kappa shape index (κ3) is 5.56. The van der Waals surface area contributed by atoms with Crippen LogP contribution in [0.5, 0.6) is 0 Å². The van der Waals surface area contributed by atoms with E-state index in [1.54, 1.807) is 6.92 Å². The standard InChI is InChI=1S/C23H26N4O4/c1-15(19(24)11-12-25-18-9-3-2-4-10-18)26-22(30)20(28)21(29)23(31)27-13-16-7-5-6-8-17(16)14-27/h2-12,15,20-21,28-29H,13-14,24H2,1H3,(H,26,30)/t15-,20-,21-/m1/s1. The van der Waals surface area contributed by atoms with Gasteiger partial charge >= 0.3 is 0 Å². The minimum absolute atomic E-state index is 0.302. The predicted octanol–water partition coefficient (Wildman–Crippen LogP) is 1.00. The molecular formula is C23H26N4O4. The number of benzene rings is 2. The Hall–Kier alpha value is -3.49. The Morgan fingerprint density at radius 3 is 2.23 bits per heavy atom. The molecule has 0 saturated carbocycles. The van der Waals surface area contributed by atoms with Gasteiger partial charge in [0.15, 0.2) is 12.2 Å². The number of fused-ring (bicyclic) bond motifs is 1. The zero-order valence-corrected chi connectivity index (χ0v) is 17.2. The molecule has 1 heterocycles. The van der Waals surface area contributed by atoms with E-state index in [0.29, 0.717) is 18.8 Å². The van der Waals surface area contributed by atoms with E-state index in [9.17, 15) is 19.8 Å². The number of aliphatic imine (C=N–C) groups is 1. The van der Waals surface area contributed by atoms with Crippen LogP contribution in [0.4, 0.5) is 5.69 Å². The molecule has 0 aromatic heterocycles. The van der Waals surface area contributed by atoms with E-state index in [-0.39, 0.29) is 0 Å². The summed E-state index contributed by atoms with van der Waals surface area (Å²) in [7, 11) is 0. The summed E-state index contributed by atoms with van der Waals surface area (Å²) >= 11 is 0. The highest BCUT2D eigenvalue weighted by molar-refractivity contribution is 5.91. The number of rotatable bonds is 7. The number of para-hydroxylation sites is 1. The molecule has 0 radical (unpaired) electrons. The Morgan fingerprint density at radius 2 is 1.61 bits per heavy atom. The topological polar surface area (TPSA) is 128 Å². The summed E-state index contributed by atoms with van der Waals surface area (Å²) in [5, 5.41) is 22.9. The van der Waals surface area contributed by atoms with Gasteiger partial charge in [0.05, 0.1) is 11.7 Å². The molecular weight excluding hydrogens is 396 g/mol. The highest BCUT2D eigenvalue weighted by Gasteiger charge is 2.35. The van der Waals surface area contributed by atoms with Crippen molar-refractivity contribution in [1.29, 1.82) is 0 Å². The van der Waals surface area contributed by atoms with E-state index in [1.165, 1.54) is 17.2 Å². The molecule has 8 heteroatoms. The second-order valence-electron chi connectivity index (χ2n) is 7.36. The molecule has 8 nitrogen and oxygen atoms in total. The number of hydrogen-bond acceptors (Lipinski definition) is 6. The molecule has 0 fully saturated rings. The number of nitrogens with two attached hydrogens (primary N) is 1. The highest BCUT2D eigenvalue weighted by Crippen LogP contribution is 2.23. The fourth-order valence-electron chi connectivity index (χ4n) is 3.20. The van der Waals surface area contributed by atoms with Crippen LogP contribution in [0.25, 0.3) is 0 Å². The van der Waals surface area contributed by atoms with E-state index < -0.39 is 30.1 Å². The monoisotopic (exact) mass is 422 g/mol. The van der Waals surface area contributed by atoms with Gasteiger partial charge in [-0.05, 0) is 36.3 Å². The number of hydrogen-bond donors (Lipinski definition) is 4. The van der Waals surface area contributed by atoms with Crippen LogP contribution in [0.15, 0.2) is 71.4 Å². The van der Waals surface area contributed by atoms with Gasteiger partial charge in [-0.1, -0.05) is 42.5 Å². The average Bonchev–Trinajstić information content (AvgIpc) is 3.22. The summed E-state index contributed by atoms with van der Waals surface area (Å²) in [5.74, 6) is -1.59. The van der Waals surface area contributed by atoms with Crippen molar-refractivity contribution in [1.82, 2.24) is 10.2 Å². The molecule has 3 atom stereocenters. The first kappa shape index (κ1) is 22.2. The maximum absolute atomic E-state index is 12.5.